The van der Waals surface area contributed by atoms with Gasteiger partial charge >= 0.3 is 0 Å². The molecule has 0 spiro atoms. The maximum absolute atomic E-state index is 9.05. The summed E-state index contributed by atoms with van der Waals surface area (Å²) in [6.07, 6.45) is 3.93. The number of hydrogen-bond donors (Lipinski definition) is 1. The van der Waals surface area contributed by atoms with E-state index in [-0.39, 0.29) is 0 Å². The Morgan fingerprint density at radius 3 is 2.53 bits per heavy atom. The fourth-order valence-corrected chi connectivity index (χ4v) is 3.76. The summed E-state index contributed by atoms with van der Waals surface area (Å²) in [7, 11) is 4.93. The molecule has 2 aromatic heterocycles. The van der Waals surface area contributed by atoms with Gasteiger partial charge in [0.1, 0.15) is 5.75 Å². The predicted molar refractivity (Wildman–Crippen MR) is 125 cm³/mol. The number of aromatic nitrogens is 3. The Morgan fingerprint density at radius 2 is 1.90 bits per heavy atom. The maximum atomic E-state index is 9.05. The molecule has 0 radical (unpaired) electrons. The lowest BCUT2D eigenvalue weighted by atomic mass is 10.0. The van der Waals surface area contributed by atoms with Gasteiger partial charge in [0, 0.05) is 47.4 Å². The third-order valence-corrected chi connectivity index (χ3v) is 5.02. The summed E-state index contributed by atoms with van der Waals surface area (Å²) in [5.74, 6) is 0.836. The van der Waals surface area contributed by atoms with Crippen molar-refractivity contribution in [3.8, 4) is 11.8 Å². The number of halogens is 1. The van der Waals surface area contributed by atoms with E-state index in [0.717, 1.165) is 43.2 Å². The molecule has 0 saturated carbocycles. The van der Waals surface area contributed by atoms with Gasteiger partial charge in [-0.2, -0.15) is 10.4 Å². The van der Waals surface area contributed by atoms with Crippen LogP contribution >= 0.6 is 15.9 Å². The molecular weight excluding hydrogens is 444 g/mol. The predicted octanol–water partition coefficient (Wildman–Crippen LogP) is 5.81. The molecule has 0 atom stereocenters. The largest absolute Gasteiger partial charge is 0.496 e. The molecule has 0 aliphatic carbocycles. The van der Waals surface area contributed by atoms with Crippen LogP contribution < -0.4 is 4.74 Å². The van der Waals surface area contributed by atoms with Crippen LogP contribution in [-0.2, 0) is 11.3 Å². The summed E-state index contributed by atoms with van der Waals surface area (Å²) in [6.45, 7) is 6.64. The number of nitrogens with zero attached hydrogens (tertiary/aromatic N) is 3. The van der Waals surface area contributed by atoms with E-state index in [1.807, 2.05) is 49.1 Å². The first-order chi connectivity index (χ1) is 14.5. The first kappa shape index (κ1) is 23.5. The van der Waals surface area contributed by atoms with Crippen LogP contribution in [0.3, 0.4) is 0 Å². The molecule has 0 amide bonds. The van der Waals surface area contributed by atoms with Crippen molar-refractivity contribution in [3.05, 3.63) is 57.8 Å². The first-order valence-corrected chi connectivity index (χ1v) is 10.4. The molecule has 4 rings (SSSR count). The average Bonchev–Trinajstić information content (AvgIpc) is 3.34. The zero-order chi connectivity index (χ0) is 22.3. The van der Waals surface area contributed by atoms with Crippen LogP contribution in [0.5, 0.6) is 5.75 Å². The van der Waals surface area contributed by atoms with Gasteiger partial charge in [0.05, 0.1) is 36.3 Å². The van der Waals surface area contributed by atoms with E-state index in [4.69, 9.17) is 10.00 Å². The quantitative estimate of drug-likeness (QED) is 0.410. The molecule has 6 nitrogen and oxygen atoms in total. The number of aryl methyl sites for hydroxylation is 1. The second-order valence-corrected chi connectivity index (χ2v) is 7.24. The van der Waals surface area contributed by atoms with E-state index in [1.165, 1.54) is 0 Å². The molecule has 30 heavy (non-hydrogen) atoms. The molecule has 158 valence electrons. The Bertz CT molecular complexity index is 1170. The fourth-order valence-electron chi connectivity index (χ4n) is 3.20. The van der Waals surface area contributed by atoms with Gasteiger partial charge in [0.2, 0.25) is 0 Å². The molecule has 0 fully saturated rings. The Morgan fingerprint density at radius 1 is 1.20 bits per heavy atom. The molecule has 0 aliphatic heterocycles. The molecule has 2 aromatic carbocycles. The maximum Gasteiger partial charge on any atom is 0.124 e. The number of nitrogens with one attached hydrogen (secondary N) is 1. The van der Waals surface area contributed by atoms with Gasteiger partial charge in [0.25, 0.3) is 0 Å². The van der Waals surface area contributed by atoms with E-state index in [2.05, 4.69) is 43.7 Å². The third kappa shape index (κ3) is 4.84. The number of hydrogen-bond acceptors (Lipinski definition) is 4. The van der Waals surface area contributed by atoms with Gasteiger partial charge in [0.15, 0.2) is 0 Å². The molecule has 0 bridgehead atoms. The lowest BCUT2D eigenvalue weighted by Crippen LogP contribution is -2.03. The van der Waals surface area contributed by atoms with E-state index < -0.39 is 0 Å². The van der Waals surface area contributed by atoms with Crippen molar-refractivity contribution in [3.63, 3.8) is 0 Å². The molecule has 4 aromatic rings. The van der Waals surface area contributed by atoms with Crippen molar-refractivity contribution in [1.29, 1.82) is 5.26 Å². The van der Waals surface area contributed by atoms with Crippen molar-refractivity contribution in [2.75, 3.05) is 21.3 Å². The third-order valence-electron chi connectivity index (χ3n) is 4.40. The Kier molecular flexibility index (Phi) is 8.46. The highest BCUT2D eigenvalue weighted by molar-refractivity contribution is 9.10. The van der Waals surface area contributed by atoms with E-state index >= 15 is 0 Å². The average molecular weight is 471 g/mol. The highest BCUT2D eigenvalue weighted by atomic mass is 79.9. The number of nitriles is 1. The minimum Gasteiger partial charge on any atom is -0.496 e. The fraction of sp³-hybridized carbons (Fsp3) is 0.304. The summed E-state index contributed by atoms with van der Waals surface area (Å²) in [5, 5.41) is 15.8. The number of H-pyrrole nitrogens is 1. The van der Waals surface area contributed by atoms with Gasteiger partial charge in [-0.15, -0.1) is 0 Å². The summed E-state index contributed by atoms with van der Waals surface area (Å²) >= 11 is 3.63. The van der Waals surface area contributed by atoms with Gasteiger partial charge < -0.3 is 14.5 Å². The highest BCUT2D eigenvalue weighted by Crippen LogP contribution is 2.36. The molecular formula is C23H27BrN4O2. The molecule has 0 saturated heterocycles. The van der Waals surface area contributed by atoms with Crippen molar-refractivity contribution in [2.45, 2.75) is 27.3 Å². The molecule has 0 unspecified atom stereocenters. The van der Waals surface area contributed by atoms with Crippen molar-refractivity contribution >= 4 is 37.7 Å². The number of fused-ring (bicyclic) bond motifs is 2. The summed E-state index contributed by atoms with van der Waals surface area (Å²) in [6, 6.07) is 9.73. The number of ether oxygens (including phenoxy) is 2. The zero-order valence-corrected chi connectivity index (χ0v) is 19.8. The lowest BCUT2D eigenvalue weighted by molar-refractivity contribution is 0.277. The van der Waals surface area contributed by atoms with Crippen molar-refractivity contribution in [1.82, 2.24) is 14.8 Å². The molecule has 7 heteroatoms. The number of aromatic amines is 1. The van der Waals surface area contributed by atoms with E-state index in [0.29, 0.717) is 12.1 Å². The van der Waals surface area contributed by atoms with Crippen LogP contribution in [0.15, 0.2) is 41.1 Å². The van der Waals surface area contributed by atoms with Crippen LogP contribution in [0.4, 0.5) is 0 Å². The van der Waals surface area contributed by atoms with Gasteiger partial charge in [-0.1, -0.05) is 13.8 Å². The van der Waals surface area contributed by atoms with Gasteiger partial charge in [-0.25, -0.2) is 0 Å². The lowest BCUT2D eigenvalue weighted by Gasteiger charge is -2.12. The van der Waals surface area contributed by atoms with Crippen LogP contribution in [0, 0.1) is 18.3 Å². The zero-order valence-electron chi connectivity index (χ0n) is 18.2. The molecule has 0 aliphatic rings. The second kappa shape index (κ2) is 10.8. The van der Waals surface area contributed by atoms with Crippen molar-refractivity contribution in [2.24, 2.45) is 0 Å². The minimum absolute atomic E-state index is 0.576. The van der Waals surface area contributed by atoms with Gasteiger partial charge in [-0.05, 0) is 52.7 Å². The van der Waals surface area contributed by atoms with Crippen molar-refractivity contribution < 1.29 is 9.47 Å². The Balaban J connectivity index is 0.000000590. The standard InChI is InChI=1S/C19H15BrN4O.C2H6O.C2H6/c1-11-5-17(25-2)14(18-15(20)8-22-19(11)18)10-24-9-13-4-3-12(7-21)6-16(13)23-24;1-3-2;1-2/h3-6,8-9,22H,10H2,1-2H3;1-2H3;1-2H3. The highest BCUT2D eigenvalue weighted by Gasteiger charge is 2.16. The monoisotopic (exact) mass is 470 g/mol. The minimum atomic E-state index is 0.576. The molecule has 2 heterocycles. The first-order valence-electron chi connectivity index (χ1n) is 9.62. The topological polar surface area (TPSA) is 75.9 Å². The van der Waals surface area contributed by atoms with Crippen LogP contribution in [-0.4, -0.2) is 36.1 Å². The van der Waals surface area contributed by atoms with E-state index in [9.17, 15) is 0 Å². The number of rotatable bonds is 3. The second-order valence-electron chi connectivity index (χ2n) is 6.38. The SMILES string of the molecule is CC.COC.COc1cc(C)c2[nH]cc(Br)c2c1Cn1cc2ccc(C#N)cc2n1. The normalized spacial score (nSPS) is 10.1. The van der Waals surface area contributed by atoms with Crippen LogP contribution in [0.2, 0.25) is 0 Å². The van der Waals surface area contributed by atoms with Crippen LogP contribution in [0.1, 0.15) is 30.5 Å². The summed E-state index contributed by atoms with van der Waals surface area (Å²) in [5.41, 5.74) is 4.71. The summed E-state index contributed by atoms with van der Waals surface area (Å²) < 4.78 is 12.8. The van der Waals surface area contributed by atoms with E-state index in [1.54, 1.807) is 27.4 Å². The Hall–Kier alpha value is -2.82. The number of benzene rings is 2. The smallest absolute Gasteiger partial charge is 0.124 e. The summed E-state index contributed by atoms with van der Waals surface area (Å²) in [4.78, 5) is 3.31. The van der Waals surface area contributed by atoms with Gasteiger partial charge in [-0.3, -0.25) is 4.68 Å². The Labute approximate surface area is 185 Å². The molecule has 1 N–H and O–H groups in total. The number of methoxy groups -OCH3 is 2. The van der Waals surface area contributed by atoms with Crippen LogP contribution in [0.25, 0.3) is 21.8 Å².